The lowest BCUT2D eigenvalue weighted by Crippen LogP contribution is -2.20. The Labute approximate surface area is 123 Å². The van der Waals surface area contributed by atoms with Crippen molar-refractivity contribution in [3.63, 3.8) is 0 Å². The first kappa shape index (κ1) is 13.8. The van der Waals surface area contributed by atoms with Crippen molar-refractivity contribution in [2.75, 3.05) is 5.75 Å². The van der Waals surface area contributed by atoms with Crippen LogP contribution >= 0.6 is 0 Å². The molecule has 108 valence electrons. The molecular formula is C16H15NO3S. The van der Waals surface area contributed by atoms with E-state index in [0.29, 0.717) is 16.9 Å². The van der Waals surface area contributed by atoms with Gasteiger partial charge in [0.2, 0.25) is 5.91 Å². The second-order valence-electron chi connectivity index (χ2n) is 5.18. The summed E-state index contributed by atoms with van der Waals surface area (Å²) in [7, 11) is -3.18. The molecule has 0 saturated carbocycles. The Morgan fingerprint density at radius 2 is 1.71 bits per heavy atom. The molecule has 3 rings (SSSR count). The smallest absolute Gasteiger partial charge is 0.248 e. The van der Waals surface area contributed by atoms with Gasteiger partial charge in [0.15, 0.2) is 9.84 Å². The Hall–Kier alpha value is -2.14. The summed E-state index contributed by atoms with van der Waals surface area (Å²) in [6.45, 7) is 0. The third-order valence-electron chi connectivity index (χ3n) is 3.90. The van der Waals surface area contributed by atoms with Gasteiger partial charge in [-0.05, 0) is 35.7 Å². The molecule has 0 aliphatic carbocycles. The summed E-state index contributed by atoms with van der Waals surface area (Å²) in [6, 6.07) is 14.2. The standard InChI is InChI=1S/C16H15NO3S/c17-16(18)12-7-5-11(6-8-12)13-9-10-21(19,20)15-4-2-1-3-14(13)15/h1-8,13H,9-10H2,(H2,17,18). The van der Waals surface area contributed by atoms with E-state index < -0.39 is 15.7 Å². The van der Waals surface area contributed by atoms with Gasteiger partial charge in [0.05, 0.1) is 10.6 Å². The van der Waals surface area contributed by atoms with Crippen LogP contribution in [0.3, 0.4) is 0 Å². The van der Waals surface area contributed by atoms with Crippen LogP contribution in [0.2, 0.25) is 0 Å². The number of carbonyl (C=O) groups excluding carboxylic acids is 1. The number of sulfone groups is 1. The Morgan fingerprint density at radius 1 is 1.05 bits per heavy atom. The fourth-order valence-electron chi connectivity index (χ4n) is 2.82. The minimum Gasteiger partial charge on any atom is -0.366 e. The summed E-state index contributed by atoms with van der Waals surface area (Å²) in [5.41, 5.74) is 7.52. The summed E-state index contributed by atoms with van der Waals surface area (Å²) in [5, 5.41) is 0. The number of fused-ring (bicyclic) bond motifs is 1. The molecule has 1 amide bonds. The van der Waals surface area contributed by atoms with E-state index in [-0.39, 0.29) is 11.7 Å². The molecule has 1 aliphatic rings. The third-order valence-corrected chi connectivity index (χ3v) is 5.72. The van der Waals surface area contributed by atoms with Crippen molar-refractivity contribution in [1.29, 1.82) is 0 Å². The first-order valence-electron chi connectivity index (χ1n) is 6.70. The maximum absolute atomic E-state index is 12.1. The quantitative estimate of drug-likeness (QED) is 0.922. The van der Waals surface area contributed by atoms with Crippen molar-refractivity contribution in [3.8, 4) is 0 Å². The second-order valence-corrected chi connectivity index (χ2v) is 7.26. The minimum absolute atomic E-state index is 0.0339. The van der Waals surface area contributed by atoms with Crippen LogP contribution in [0.25, 0.3) is 0 Å². The van der Waals surface area contributed by atoms with Crippen LogP contribution in [0.4, 0.5) is 0 Å². The molecule has 0 aromatic heterocycles. The van der Waals surface area contributed by atoms with Gasteiger partial charge in [-0.2, -0.15) is 0 Å². The number of rotatable bonds is 2. The van der Waals surface area contributed by atoms with Gasteiger partial charge < -0.3 is 5.73 Å². The molecule has 1 heterocycles. The SMILES string of the molecule is NC(=O)c1ccc(C2CCS(=O)(=O)c3ccccc32)cc1. The Kier molecular flexibility index (Phi) is 3.29. The average molecular weight is 301 g/mol. The molecule has 2 aromatic carbocycles. The zero-order valence-electron chi connectivity index (χ0n) is 11.3. The molecule has 5 heteroatoms. The predicted octanol–water partition coefficient (Wildman–Crippen LogP) is 2.09. The highest BCUT2D eigenvalue weighted by molar-refractivity contribution is 7.91. The number of benzene rings is 2. The van der Waals surface area contributed by atoms with E-state index in [2.05, 4.69) is 0 Å². The molecule has 0 radical (unpaired) electrons. The van der Waals surface area contributed by atoms with Gasteiger partial charge in [-0.3, -0.25) is 4.79 Å². The van der Waals surface area contributed by atoms with Crippen molar-refractivity contribution in [2.45, 2.75) is 17.2 Å². The van der Waals surface area contributed by atoms with Crippen LogP contribution in [0, 0.1) is 0 Å². The van der Waals surface area contributed by atoms with E-state index in [0.717, 1.165) is 11.1 Å². The van der Waals surface area contributed by atoms with Crippen LogP contribution in [0.15, 0.2) is 53.4 Å². The first-order chi connectivity index (χ1) is 9.99. The van der Waals surface area contributed by atoms with Crippen molar-refractivity contribution in [3.05, 3.63) is 65.2 Å². The Bertz CT molecular complexity index is 795. The van der Waals surface area contributed by atoms with Gasteiger partial charge in [0, 0.05) is 11.5 Å². The summed E-state index contributed by atoms with van der Waals surface area (Å²) in [6.07, 6.45) is 0.551. The fraction of sp³-hybridized carbons (Fsp3) is 0.188. The van der Waals surface area contributed by atoms with Crippen molar-refractivity contribution < 1.29 is 13.2 Å². The lowest BCUT2D eigenvalue weighted by Gasteiger charge is -2.25. The van der Waals surface area contributed by atoms with Crippen LogP contribution < -0.4 is 5.73 Å². The lowest BCUT2D eigenvalue weighted by atomic mass is 9.88. The van der Waals surface area contributed by atoms with Gasteiger partial charge in [-0.15, -0.1) is 0 Å². The zero-order valence-corrected chi connectivity index (χ0v) is 12.1. The van der Waals surface area contributed by atoms with Crippen LogP contribution in [-0.2, 0) is 9.84 Å². The maximum atomic E-state index is 12.1. The largest absolute Gasteiger partial charge is 0.366 e. The van der Waals surface area contributed by atoms with E-state index in [1.807, 2.05) is 24.3 Å². The molecule has 0 fully saturated rings. The van der Waals surface area contributed by atoms with Gasteiger partial charge in [-0.1, -0.05) is 30.3 Å². The molecule has 1 atom stereocenters. The van der Waals surface area contributed by atoms with Crippen molar-refractivity contribution in [1.82, 2.24) is 0 Å². The normalized spacial score (nSPS) is 19.7. The molecule has 0 bridgehead atoms. The van der Waals surface area contributed by atoms with E-state index >= 15 is 0 Å². The maximum Gasteiger partial charge on any atom is 0.248 e. The Morgan fingerprint density at radius 3 is 2.38 bits per heavy atom. The number of nitrogens with two attached hydrogens (primary N) is 1. The molecule has 0 saturated heterocycles. The molecule has 2 N–H and O–H groups in total. The topological polar surface area (TPSA) is 77.2 Å². The molecule has 2 aromatic rings. The summed E-state index contributed by atoms with van der Waals surface area (Å²) in [4.78, 5) is 11.5. The predicted molar refractivity (Wildman–Crippen MR) is 79.9 cm³/mol. The number of hydrogen-bond acceptors (Lipinski definition) is 3. The number of amides is 1. The van der Waals surface area contributed by atoms with Crippen molar-refractivity contribution in [2.24, 2.45) is 5.73 Å². The summed E-state index contributed by atoms with van der Waals surface area (Å²) >= 11 is 0. The Balaban J connectivity index is 2.06. The third kappa shape index (κ3) is 2.45. The van der Waals surface area contributed by atoms with Crippen LogP contribution in [0.5, 0.6) is 0 Å². The highest BCUT2D eigenvalue weighted by Gasteiger charge is 2.30. The van der Waals surface area contributed by atoms with Gasteiger partial charge in [0.25, 0.3) is 0 Å². The van der Waals surface area contributed by atoms with Gasteiger partial charge in [0.1, 0.15) is 0 Å². The highest BCUT2D eigenvalue weighted by atomic mass is 32.2. The fourth-order valence-corrected chi connectivity index (χ4v) is 4.44. The van der Waals surface area contributed by atoms with Gasteiger partial charge >= 0.3 is 0 Å². The monoisotopic (exact) mass is 301 g/mol. The van der Waals surface area contributed by atoms with Gasteiger partial charge in [-0.25, -0.2) is 8.42 Å². The molecule has 1 aliphatic heterocycles. The number of primary amides is 1. The van der Waals surface area contributed by atoms with Crippen LogP contribution in [0.1, 0.15) is 33.8 Å². The molecule has 21 heavy (non-hydrogen) atoms. The van der Waals surface area contributed by atoms with Crippen molar-refractivity contribution >= 4 is 15.7 Å². The van der Waals surface area contributed by atoms with Crippen LogP contribution in [-0.4, -0.2) is 20.1 Å². The first-order valence-corrected chi connectivity index (χ1v) is 8.36. The lowest BCUT2D eigenvalue weighted by molar-refractivity contribution is 0.100. The molecule has 0 spiro atoms. The molecule has 1 unspecified atom stereocenters. The summed E-state index contributed by atoms with van der Waals surface area (Å²) in [5.74, 6) is -0.286. The van der Waals surface area contributed by atoms with E-state index in [1.54, 1.807) is 24.3 Å². The van der Waals surface area contributed by atoms with E-state index in [1.165, 1.54) is 0 Å². The second kappa shape index (κ2) is 5.00. The number of carbonyl (C=O) groups is 1. The minimum atomic E-state index is -3.18. The molecular weight excluding hydrogens is 286 g/mol. The summed E-state index contributed by atoms with van der Waals surface area (Å²) < 4.78 is 24.3. The average Bonchev–Trinajstić information content (AvgIpc) is 2.48. The van der Waals surface area contributed by atoms with E-state index in [9.17, 15) is 13.2 Å². The van der Waals surface area contributed by atoms with E-state index in [4.69, 9.17) is 5.73 Å². The number of hydrogen-bond donors (Lipinski definition) is 1. The zero-order chi connectivity index (χ0) is 15.0. The highest BCUT2D eigenvalue weighted by Crippen LogP contribution is 2.37. The molecule has 4 nitrogen and oxygen atoms in total.